The standard InChI is InChI=1S/Nb.Ta.Ti.W.Zr. The Balaban J connectivity index is 0. The van der Waals surface area contributed by atoms with E-state index in [4.69, 9.17) is 0 Å². The summed E-state index contributed by atoms with van der Waals surface area (Å²) >= 11 is 0. The molecule has 0 fully saturated rings. The van der Waals surface area contributed by atoms with Crippen LogP contribution in [0.15, 0.2) is 0 Å². The molecule has 0 aliphatic carbocycles. The van der Waals surface area contributed by atoms with E-state index in [9.17, 15) is 0 Å². The second kappa shape index (κ2) is 25.1. The maximum absolute atomic E-state index is 0. The van der Waals surface area contributed by atoms with Crippen molar-refractivity contribution in [1.29, 1.82) is 0 Å². The van der Waals surface area contributed by atoms with Gasteiger partial charge in [0.15, 0.2) is 0 Å². The van der Waals surface area contributed by atoms with Gasteiger partial charge in [0.05, 0.1) is 0 Å². The molecular weight excluding hydrogens is 597 g/mol. The van der Waals surface area contributed by atoms with Gasteiger partial charge >= 0.3 is 0 Å². The molecule has 0 spiro atoms. The van der Waals surface area contributed by atoms with Gasteiger partial charge in [-0.1, -0.05) is 0 Å². The Morgan fingerprint density at radius 1 is 1.00 bits per heavy atom. The fourth-order valence-electron chi connectivity index (χ4n) is 0. The van der Waals surface area contributed by atoms with Crippen molar-refractivity contribution in [3.63, 3.8) is 0 Å². The molecule has 0 rings (SSSR count). The topological polar surface area (TPSA) is 0 Å². The van der Waals surface area contributed by atoms with Gasteiger partial charge in [-0.15, -0.1) is 0 Å². The van der Waals surface area contributed by atoms with E-state index in [0.29, 0.717) is 0 Å². The zero-order valence-electron chi connectivity index (χ0n) is 2.30. The van der Waals surface area contributed by atoms with E-state index < -0.39 is 0 Å². The van der Waals surface area contributed by atoms with E-state index in [2.05, 4.69) is 0 Å². The van der Waals surface area contributed by atoms with Crippen molar-refractivity contribution < 1.29 is 114 Å². The first-order valence-electron chi connectivity index (χ1n) is 0. The second-order valence-corrected chi connectivity index (χ2v) is 0. The van der Waals surface area contributed by atoms with Crippen LogP contribution in [-0.4, -0.2) is 0 Å². The second-order valence-electron chi connectivity index (χ2n) is 0. The fourth-order valence-corrected chi connectivity index (χ4v) is 0. The van der Waals surface area contributed by atoms with Crippen LogP contribution in [-0.2, 0) is 114 Å². The first-order chi connectivity index (χ1) is 0. The molecule has 0 nitrogen and oxygen atoms in total. The zero-order valence-corrected chi connectivity index (χ0v) is 14.7. The molecule has 0 saturated carbocycles. The summed E-state index contributed by atoms with van der Waals surface area (Å²) in [5, 5.41) is 0. The summed E-state index contributed by atoms with van der Waals surface area (Å²) in [6, 6.07) is 0. The summed E-state index contributed by atoms with van der Waals surface area (Å²) in [7, 11) is 0. The molecule has 0 aliphatic rings. The fraction of sp³-hybridized carbons (Fsp3) is 0. The van der Waals surface area contributed by atoms with E-state index in [0.717, 1.165) is 0 Å². The molecule has 5 heteroatoms. The van der Waals surface area contributed by atoms with Gasteiger partial charge in [-0.3, -0.25) is 0 Å². The average molecular weight is 597 g/mol. The zero-order chi connectivity index (χ0) is 0. The normalized spacial score (nSPS) is 0. The van der Waals surface area contributed by atoms with Crippen LogP contribution < -0.4 is 0 Å². The van der Waals surface area contributed by atoms with Crippen LogP contribution in [0.3, 0.4) is 0 Å². The Morgan fingerprint density at radius 2 is 1.00 bits per heavy atom. The molecular formula is NbTaTiWZr. The van der Waals surface area contributed by atoms with Gasteiger partial charge in [0.25, 0.3) is 0 Å². The minimum Gasteiger partial charge on any atom is 0 e. The number of hydrogen-bond acceptors (Lipinski definition) is 0. The van der Waals surface area contributed by atoms with Crippen molar-refractivity contribution >= 4 is 0 Å². The number of hydrogen-bond donors (Lipinski definition) is 0. The average Bonchev–Trinajstić information content (AvgIpc) is 0. The summed E-state index contributed by atoms with van der Waals surface area (Å²) in [4.78, 5) is 0. The van der Waals surface area contributed by atoms with Crippen molar-refractivity contribution in [3.05, 3.63) is 0 Å². The Bertz CT molecular complexity index is 11.6. The van der Waals surface area contributed by atoms with Crippen molar-refractivity contribution in [3.8, 4) is 0 Å². The third-order valence-electron chi connectivity index (χ3n) is 0. The Hall–Kier alpha value is 3.77. The molecule has 5 heavy (non-hydrogen) atoms. The van der Waals surface area contributed by atoms with Crippen LogP contribution in [0.25, 0.3) is 0 Å². The molecule has 0 aliphatic heterocycles. The molecule has 0 aromatic carbocycles. The molecule has 0 aromatic rings. The van der Waals surface area contributed by atoms with Gasteiger partial charge in [-0.2, -0.15) is 0 Å². The molecule has 0 bridgehead atoms. The summed E-state index contributed by atoms with van der Waals surface area (Å²) in [5.41, 5.74) is 0. The van der Waals surface area contributed by atoms with Gasteiger partial charge in [0.2, 0.25) is 0 Å². The van der Waals surface area contributed by atoms with Crippen molar-refractivity contribution in [2.45, 2.75) is 0 Å². The largest absolute Gasteiger partial charge is 0 e. The van der Waals surface area contributed by atoms with Crippen LogP contribution in [0.2, 0.25) is 0 Å². The third kappa shape index (κ3) is 18.2. The molecule has 2 radical (unpaired) electrons. The third-order valence-corrected chi connectivity index (χ3v) is 0. The van der Waals surface area contributed by atoms with Gasteiger partial charge in [0, 0.05) is 114 Å². The molecule has 24 valence electrons. The summed E-state index contributed by atoms with van der Waals surface area (Å²) in [6.07, 6.45) is 0. The predicted octanol–water partition coefficient (Wildman–Crippen LogP) is -0.0125. The predicted molar refractivity (Wildman–Crippen MR) is 0 cm³/mol. The van der Waals surface area contributed by atoms with E-state index in [-0.39, 0.29) is 114 Å². The van der Waals surface area contributed by atoms with Crippen molar-refractivity contribution in [1.82, 2.24) is 0 Å². The quantitative estimate of drug-likeness (QED) is 0.346. The first-order valence-corrected chi connectivity index (χ1v) is 0. The summed E-state index contributed by atoms with van der Waals surface area (Å²) in [6.45, 7) is 0. The maximum atomic E-state index is 0. The van der Waals surface area contributed by atoms with Crippen LogP contribution in [0.5, 0.6) is 0 Å². The van der Waals surface area contributed by atoms with Crippen LogP contribution in [0.4, 0.5) is 0 Å². The van der Waals surface area contributed by atoms with Crippen molar-refractivity contribution in [2.24, 2.45) is 0 Å². The molecule has 0 atom stereocenters. The Morgan fingerprint density at radius 3 is 1.00 bits per heavy atom. The van der Waals surface area contributed by atoms with E-state index in [1.54, 1.807) is 0 Å². The smallest absolute Gasteiger partial charge is 0 e. The molecule has 0 amide bonds. The van der Waals surface area contributed by atoms with E-state index >= 15 is 0 Å². The van der Waals surface area contributed by atoms with Gasteiger partial charge in [-0.25, -0.2) is 0 Å². The monoisotopic (exact) mass is 596 g/mol. The van der Waals surface area contributed by atoms with Gasteiger partial charge < -0.3 is 0 Å². The molecule has 0 saturated heterocycles. The Labute approximate surface area is 111 Å². The van der Waals surface area contributed by atoms with E-state index in [1.807, 2.05) is 0 Å². The van der Waals surface area contributed by atoms with Gasteiger partial charge in [-0.05, 0) is 0 Å². The SMILES string of the molecule is [Nb].[Ta].[Ti].[W].[Zr]. The van der Waals surface area contributed by atoms with Crippen LogP contribution in [0.1, 0.15) is 0 Å². The summed E-state index contributed by atoms with van der Waals surface area (Å²) in [5.74, 6) is 0. The first kappa shape index (κ1) is 37.3. The molecule has 0 unspecified atom stereocenters. The van der Waals surface area contributed by atoms with Gasteiger partial charge in [0.1, 0.15) is 0 Å². The summed E-state index contributed by atoms with van der Waals surface area (Å²) < 4.78 is 0. The molecule has 0 heterocycles. The molecule has 0 N–H and O–H groups in total. The number of rotatable bonds is 0. The Kier molecular flexibility index (Phi) is 187. The minimum atomic E-state index is 0. The van der Waals surface area contributed by atoms with Crippen LogP contribution in [0, 0.1) is 0 Å². The maximum Gasteiger partial charge on any atom is 0 e. The minimum absolute atomic E-state index is 0. The van der Waals surface area contributed by atoms with Crippen LogP contribution >= 0.6 is 0 Å². The van der Waals surface area contributed by atoms with E-state index in [1.165, 1.54) is 0 Å². The van der Waals surface area contributed by atoms with Crippen molar-refractivity contribution in [2.75, 3.05) is 0 Å². The molecule has 0 aromatic heterocycles.